The first-order valence-electron chi connectivity index (χ1n) is 5.34. The third-order valence-electron chi connectivity index (χ3n) is 2.46. The molecule has 0 saturated heterocycles. The summed E-state index contributed by atoms with van der Waals surface area (Å²) in [5.74, 6) is 0. The zero-order valence-corrected chi connectivity index (χ0v) is 10.3. The summed E-state index contributed by atoms with van der Waals surface area (Å²) in [6.45, 7) is 5.88. The van der Waals surface area contributed by atoms with Crippen LogP contribution in [0.4, 0.5) is 4.79 Å². The highest BCUT2D eigenvalue weighted by Crippen LogP contribution is 2.17. The Labute approximate surface area is 101 Å². The smallest absolute Gasteiger partial charge is 0.408 e. The van der Waals surface area contributed by atoms with E-state index in [1.165, 1.54) is 4.90 Å². The van der Waals surface area contributed by atoms with E-state index in [1.807, 2.05) is 26.8 Å². The second-order valence-corrected chi connectivity index (χ2v) is 4.85. The van der Waals surface area contributed by atoms with Crippen molar-refractivity contribution in [3.8, 4) is 6.07 Å². The molecular formula is C13H16N2O2. The van der Waals surface area contributed by atoms with Gasteiger partial charge in [-0.3, -0.25) is 4.90 Å². The van der Waals surface area contributed by atoms with E-state index in [2.05, 4.69) is 0 Å². The molecule has 0 aliphatic heterocycles. The van der Waals surface area contributed by atoms with Crippen molar-refractivity contribution >= 4 is 6.09 Å². The van der Waals surface area contributed by atoms with Crippen molar-refractivity contribution < 1.29 is 9.90 Å². The van der Waals surface area contributed by atoms with Gasteiger partial charge >= 0.3 is 6.09 Å². The first-order chi connectivity index (χ1) is 7.84. The Hall–Kier alpha value is -2.02. The van der Waals surface area contributed by atoms with Crippen LogP contribution >= 0.6 is 0 Å². The maximum absolute atomic E-state index is 11.1. The number of carboxylic acid groups (broad SMARTS) is 1. The lowest BCUT2D eigenvalue weighted by Crippen LogP contribution is -2.44. The maximum atomic E-state index is 11.1. The number of nitriles is 1. The van der Waals surface area contributed by atoms with Gasteiger partial charge in [0.1, 0.15) is 0 Å². The number of amides is 1. The lowest BCUT2D eigenvalue weighted by atomic mass is 10.0. The van der Waals surface area contributed by atoms with Crippen LogP contribution < -0.4 is 0 Å². The van der Waals surface area contributed by atoms with Gasteiger partial charge in [0.05, 0.1) is 11.6 Å². The Balaban J connectivity index is 2.88. The van der Waals surface area contributed by atoms with Gasteiger partial charge in [0, 0.05) is 12.1 Å². The molecule has 0 bridgehead atoms. The summed E-state index contributed by atoms with van der Waals surface area (Å²) in [4.78, 5) is 12.5. The second kappa shape index (κ2) is 4.88. The normalized spacial score (nSPS) is 10.7. The highest BCUT2D eigenvalue weighted by Gasteiger charge is 2.25. The number of carbonyl (C=O) groups is 1. The summed E-state index contributed by atoms with van der Waals surface area (Å²) in [7, 11) is 0. The van der Waals surface area contributed by atoms with Gasteiger partial charge in [0.2, 0.25) is 0 Å². The third-order valence-corrected chi connectivity index (χ3v) is 2.46. The molecule has 17 heavy (non-hydrogen) atoms. The molecule has 1 rings (SSSR count). The van der Waals surface area contributed by atoms with Gasteiger partial charge in [-0.2, -0.15) is 5.26 Å². The molecule has 0 radical (unpaired) electrons. The molecule has 90 valence electrons. The van der Waals surface area contributed by atoms with Gasteiger partial charge in [-0.05, 0) is 38.5 Å². The molecule has 0 aliphatic rings. The molecule has 1 aromatic carbocycles. The van der Waals surface area contributed by atoms with Crippen LogP contribution in [0.1, 0.15) is 31.9 Å². The lowest BCUT2D eigenvalue weighted by Gasteiger charge is -2.33. The molecule has 4 heteroatoms. The molecule has 0 saturated carbocycles. The number of hydrogen-bond donors (Lipinski definition) is 1. The van der Waals surface area contributed by atoms with Gasteiger partial charge in [-0.25, -0.2) is 4.79 Å². The number of benzene rings is 1. The zero-order valence-electron chi connectivity index (χ0n) is 10.3. The van der Waals surface area contributed by atoms with Crippen molar-refractivity contribution in [2.45, 2.75) is 32.9 Å². The fourth-order valence-corrected chi connectivity index (χ4v) is 1.46. The molecule has 0 aliphatic carbocycles. The predicted octanol–water partition coefficient (Wildman–Crippen LogP) is 2.84. The summed E-state index contributed by atoms with van der Waals surface area (Å²) in [6.07, 6.45) is -0.943. The van der Waals surface area contributed by atoms with Crippen LogP contribution in [0.25, 0.3) is 0 Å². The van der Waals surface area contributed by atoms with E-state index in [1.54, 1.807) is 24.3 Å². The number of nitrogens with zero attached hydrogens (tertiary/aromatic N) is 2. The van der Waals surface area contributed by atoms with Crippen molar-refractivity contribution in [3.05, 3.63) is 35.4 Å². The van der Waals surface area contributed by atoms with E-state index in [-0.39, 0.29) is 0 Å². The van der Waals surface area contributed by atoms with Gasteiger partial charge in [-0.15, -0.1) is 0 Å². The standard InChI is InChI=1S/C13H16N2O2/c1-13(2,3)15(12(16)17)9-11-6-4-10(8-14)5-7-11/h4-7H,9H2,1-3H3,(H,16,17). The first-order valence-corrected chi connectivity index (χ1v) is 5.34. The van der Waals surface area contributed by atoms with Crippen LogP contribution in [0, 0.1) is 11.3 Å². The topological polar surface area (TPSA) is 64.3 Å². The van der Waals surface area contributed by atoms with E-state index in [4.69, 9.17) is 10.4 Å². The predicted molar refractivity (Wildman–Crippen MR) is 64.5 cm³/mol. The Morgan fingerprint density at radius 2 is 1.88 bits per heavy atom. The van der Waals surface area contributed by atoms with Crippen LogP contribution in [0.15, 0.2) is 24.3 Å². The number of hydrogen-bond acceptors (Lipinski definition) is 2. The van der Waals surface area contributed by atoms with Crippen LogP contribution in [-0.2, 0) is 6.54 Å². The average Bonchev–Trinajstić information content (AvgIpc) is 2.24. The molecule has 0 heterocycles. The molecular weight excluding hydrogens is 216 g/mol. The maximum Gasteiger partial charge on any atom is 0.408 e. The Morgan fingerprint density at radius 3 is 2.24 bits per heavy atom. The third kappa shape index (κ3) is 3.49. The zero-order chi connectivity index (χ0) is 13.1. The van der Waals surface area contributed by atoms with E-state index >= 15 is 0 Å². The van der Waals surface area contributed by atoms with Crippen LogP contribution in [0.3, 0.4) is 0 Å². The van der Waals surface area contributed by atoms with E-state index in [0.717, 1.165) is 5.56 Å². The van der Waals surface area contributed by atoms with Crippen LogP contribution in [-0.4, -0.2) is 21.6 Å². The second-order valence-electron chi connectivity index (χ2n) is 4.85. The van der Waals surface area contributed by atoms with Gasteiger partial charge in [-0.1, -0.05) is 12.1 Å². The minimum atomic E-state index is -0.943. The summed E-state index contributed by atoms with van der Waals surface area (Å²) in [5, 5.41) is 17.8. The lowest BCUT2D eigenvalue weighted by molar-refractivity contribution is 0.0955. The monoisotopic (exact) mass is 232 g/mol. The molecule has 1 N–H and O–H groups in total. The van der Waals surface area contributed by atoms with Crippen molar-refractivity contribution in [3.63, 3.8) is 0 Å². The summed E-state index contributed by atoms with van der Waals surface area (Å²) < 4.78 is 0. The van der Waals surface area contributed by atoms with E-state index in [0.29, 0.717) is 12.1 Å². The Bertz CT molecular complexity index is 438. The molecule has 0 unspecified atom stereocenters. The molecule has 0 atom stereocenters. The van der Waals surface area contributed by atoms with Gasteiger partial charge in [0.25, 0.3) is 0 Å². The van der Waals surface area contributed by atoms with E-state index < -0.39 is 11.6 Å². The summed E-state index contributed by atoms with van der Waals surface area (Å²) in [6, 6.07) is 8.97. The molecule has 4 nitrogen and oxygen atoms in total. The highest BCUT2D eigenvalue weighted by molar-refractivity contribution is 5.66. The fourth-order valence-electron chi connectivity index (χ4n) is 1.46. The first kappa shape index (κ1) is 13.0. The highest BCUT2D eigenvalue weighted by atomic mass is 16.4. The van der Waals surface area contributed by atoms with Crippen molar-refractivity contribution in [2.75, 3.05) is 0 Å². The van der Waals surface area contributed by atoms with Crippen molar-refractivity contribution in [1.82, 2.24) is 4.90 Å². The SMILES string of the molecule is CC(C)(C)N(Cc1ccc(C#N)cc1)C(=O)O. The van der Waals surface area contributed by atoms with Crippen molar-refractivity contribution in [1.29, 1.82) is 5.26 Å². The quantitative estimate of drug-likeness (QED) is 0.852. The largest absolute Gasteiger partial charge is 0.465 e. The minimum absolute atomic E-state index is 0.324. The van der Waals surface area contributed by atoms with E-state index in [9.17, 15) is 4.79 Å². The molecule has 0 spiro atoms. The molecule has 1 amide bonds. The van der Waals surface area contributed by atoms with Crippen molar-refractivity contribution in [2.24, 2.45) is 0 Å². The Morgan fingerprint density at radius 1 is 1.35 bits per heavy atom. The summed E-state index contributed by atoms with van der Waals surface area (Å²) in [5.41, 5.74) is 1.01. The number of rotatable bonds is 2. The molecule has 1 aromatic rings. The average molecular weight is 232 g/mol. The molecule has 0 fully saturated rings. The minimum Gasteiger partial charge on any atom is -0.465 e. The fraction of sp³-hybridized carbons (Fsp3) is 0.385. The van der Waals surface area contributed by atoms with Crippen LogP contribution in [0.2, 0.25) is 0 Å². The van der Waals surface area contributed by atoms with Gasteiger partial charge < -0.3 is 5.11 Å². The Kier molecular flexibility index (Phi) is 3.74. The molecule has 0 aromatic heterocycles. The van der Waals surface area contributed by atoms with Gasteiger partial charge in [0.15, 0.2) is 0 Å². The van der Waals surface area contributed by atoms with Crippen LogP contribution in [0.5, 0.6) is 0 Å². The summed E-state index contributed by atoms with van der Waals surface area (Å²) >= 11 is 0.